The van der Waals surface area contributed by atoms with Crippen molar-refractivity contribution in [2.24, 2.45) is 0 Å². The molecule has 3 aromatic heterocycles. The third kappa shape index (κ3) is 6.27. The molecular weight excluding hydrogens is 577 g/mol. The monoisotopic (exact) mass is 600 g/mol. The average Bonchev–Trinajstić information content (AvgIpc) is 2.89. The number of aromatic amines is 1. The highest BCUT2D eigenvalue weighted by molar-refractivity contribution is 5.86. The van der Waals surface area contributed by atoms with Crippen LogP contribution in [0.3, 0.4) is 0 Å². The molecule has 3 N–H and O–H groups in total. The zero-order valence-electron chi connectivity index (χ0n) is 21.9. The second kappa shape index (κ2) is 11.5. The highest BCUT2D eigenvalue weighted by Gasteiger charge is 2.38. The summed E-state index contributed by atoms with van der Waals surface area (Å²) in [4.78, 5) is 32.3. The SMILES string of the molecule is C[C@H](C[C@@H](F)Cn1ccc2cc(-c3ncc([C@@](C)(O)C(F)F)cn3)c(F)cc2c1=O)Nc1cn[nH]c(=O)c1C(F)(F)F. The molecule has 4 aromatic rings. The topological polar surface area (TPSA) is 126 Å². The number of alkyl halides is 6. The van der Waals surface area contributed by atoms with E-state index in [1.165, 1.54) is 25.3 Å². The van der Waals surface area contributed by atoms with E-state index in [4.69, 9.17) is 0 Å². The van der Waals surface area contributed by atoms with Crippen molar-refractivity contribution in [3.05, 3.63) is 80.6 Å². The third-order valence-corrected chi connectivity index (χ3v) is 6.51. The highest BCUT2D eigenvalue weighted by Crippen LogP contribution is 2.32. The number of pyridine rings is 1. The molecule has 9 nitrogen and oxygen atoms in total. The molecule has 0 aliphatic heterocycles. The molecule has 0 unspecified atom stereocenters. The zero-order valence-corrected chi connectivity index (χ0v) is 21.9. The van der Waals surface area contributed by atoms with Gasteiger partial charge >= 0.3 is 6.18 Å². The molecule has 4 rings (SSSR count). The van der Waals surface area contributed by atoms with Crippen LogP contribution >= 0.6 is 0 Å². The minimum Gasteiger partial charge on any atom is -0.381 e. The van der Waals surface area contributed by atoms with E-state index in [2.05, 4.69) is 20.4 Å². The predicted molar refractivity (Wildman–Crippen MR) is 137 cm³/mol. The molecule has 3 atom stereocenters. The number of rotatable bonds is 9. The van der Waals surface area contributed by atoms with Gasteiger partial charge in [-0.3, -0.25) is 9.59 Å². The maximum Gasteiger partial charge on any atom is 0.423 e. The van der Waals surface area contributed by atoms with E-state index in [1.54, 1.807) is 5.10 Å². The molecule has 3 heterocycles. The largest absolute Gasteiger partial charge is 0.423 e. The number of fused-ring (bicyclic) bond motifs is 1. The second-order valence-corrected chi connectivity index (χ2v) is 9.80. The van der Waals surface area contributed by atoms with Crippen molar-refractivity contribution in [1.29, 1.82) is 0 Å². The Labute approximate surface area is 232 Å². The smallest absolute Gasteiger partial charge is 0.381 e. The Bertz CT molecular complexity index is 1700. The van der Waals surface area contributed by atoms with Gasteiger partial charge in [-0.25, -0.2) is 32.6 Å². The van der Waals surface area contributed by atoms with Crippen molar-refractivity contribution in [1.82, 2.24) is 24.7 Å². The molecule has 1 aromatic carbocycles. The van der Waals surface area contributed by atoms with Crippen LogP contribution in [0, 0.1) is 5.82 Å². The lowest BCUT2D eigenvalue weighted by Crippen LogP contribution is -2.30. The number of anilines is 1. The van der Waals surface area contributed by atoms with E-state index >= 15 is 0 Å². The average molecular weight is 600 g/mol. The van der Waals surface area contributed by atoms with E-state index < -0.39 is 65.1 Å². The van der Waals surface area contributed by atoms with Gasteiger partial charge in [-0.2, -0.15) is 18.3 Å². The maximum absolute atomic E-state index is 15.0. The summed E-state index contributed by atoms with van der Waals surface area (Å²) in [5, 5.41) is 17.5. The molecular formula is C26H23F7N6O3. The molecule has 224 valence electrons. The summed E-state index contributed by atoms with van der Waals surface area (Å²) in [6.45, 7) is 1.76. The summed E-state index contributed by atoms with van der Waals surface area (Å²) >= 11 is 0. The van der Waals surface area contributed by atoms with Crippen LogP contribution in [-0.4, -0.2) is 48.5 Å². The molecule has 0 aliphatic carbocycles. The summed E-state index contributed by atoms with van der Waals surface area (Å²) in [6, 6.07) is 2.65. The fourth-order valence-corrected chi connectivity index (χ4v) is 4.26. The summed E-state index contributed by atoms with van der Waals surface area (Å²) in [5.74, 6) is -1.12. The molecule has 0 fully saturated rings. The predicted octanol–water partition coefficient (Wildman–Crippen LogP) is 4.40. The minimum absolute atomic E-state index is 0.112. The van der Waals surface area contributed by atoms with Gasteiger partial charge in [0.1, 0.15) is 17.6 Å². The van der Waals surface area contributed by atoms with Crippen LogP contribution in [0.5, 0.6) is 0 Å². The first-order chi connectivity index (χ1) is 19.6. The molecule has 0 aliphatic rings. The Morgan fingerprint density at radius 2 is 1.76 bits per heavy atom. The summed E-state index contributed by atoms with van der Waals surface area (Å²) in [6.07, 6.45) is -6.30. The third-order valence-electron chi connectivity index (χ3n) is 6.51. The van der Waals surface area contributed by atoms with E-state index in [0.29, 0.717) is 0 Å². The Morgan fingerprint density at radius 1 is 1.10 bits per heavy atom. The van der Waals surface area contributed by atoms with E-state index in [9.17, 15) is 45.4 Å². The van der Waals surface area contributed by atoms with Gasteiger partial charge in [-0.05, 0) is 37.4 Å². The number of hydrogen-bond acceptors (Lipinski definition) is 7. The van der Waals surface area contributed by atoms with Crippen LogP contribution in [0.25, 0.3) is 22.2 Å². The van der Waals surface area contributed by atoms with Gasteiger partial charge in [0.2, 0.25) is 0 Å². The number of nitrogens with zero attached hydrogens (tertiary/aromatic N) is 4. The lowest BCUT2D eigenvalue weighted by molar-refractivity contribution is -0.138. The first kappa shape index (κ1) is 30.6. The Morgan fingerprint density at radius 3 is 2.38 bits per heavy atom. The number of hydrogen-bond donors (Lipinski definition) is 3. The van der Waals surface area contributed by atoms with Crippen LogP contribution in [0.2, 0.25) is 0 Å². The van der Waals surface area contributed by atoms with Crippen molar-refractivity contribution in [3.63, 3.8) is 0 Å². The van der Waals surface area contributed by atoms with Gasteiger partial charge in [0.25, 0.3) is 17.5 Å². The summed E-state index contributed by atoms with van der Waals surface area (Å²) in [7, 11) is 0. The number of nitrogens with one attached hydrogen (secondary N) is 2. The van der Waals surface area contributed by atoms with Crippen LogP contribution in [0.15, 0.2) is 52.6 Å². The number of H-pyrrole nitrogens is 1. The normalized spacial score (nSPS) is 15.0. The van der Waals surface area contributed by atoms with Gasteiger partial charge in [0.15, 0.2) is 11.4 Å². The zero-order chi connectivity index (χ0) is 31.0. The number of aliphatic hydroxyl groups is 1. The van der Waals surface area contributed by atoms with Crippen LogP contribution in [0.1, 0.15) is 31.4 Å². The second-order valence-electron chi connectivity index (χ2n) is 9.80. The molecule has 0 radical (unpaired) electrons. The Balaban J connectivity index is 1.52. The van der Waals surface area contributed by atoms with Gasteiger partial charge in [0, 0.05) is 36.6 Å². The molecule has 16 heteroatoms. The number of aromatic nitrogens is 5. The van der Waals surface area contributed by atoms with Gasteiger partial charge in [-0.1, -0.05) is 0 Å². The van der Waals surface area contributed by atoms with Crippen molar-refractivity contribution < 1.29 is 35.8 Å². The molecule has 0 saturated carbocycles. The van der Waals surface area contributed by atoms with E-state index in [1.807, 2.05) is 0 Å². The molecule has 0 spiro atoms. The molecule has 0 bridgehead atoms. The summed E-state index contributed by atoms with van der Waals surface area (Å²) in [5.41, 5.74) is -7.30. The first-order valence-corrected chi connectivity index (χ1v) is 12.3. The van der Waals surface area contributed by atoms with Gasteiger partial charge < -0.3 is 15.0 Å². The fraction of sp³-hybridized carbons (Fsp3) is 0.346. The van der Waals surface area contributed by atoms with E-state index in [-0.39, 0.29) is 34.1 Å². The van der Waals surface area contributed by atoms with E-state index in [0.717, 1.165) is 36.1 Å². The molecule has 42 heavy (non-hydrogen) atoms. The first-order valence-electron chi connectivity index (χ1n) is 12.3. The minimum atomic E-state index is -4.98. The highest BCUT2D eigenvalue weighted by atomic mass is 19.4. The van der Waals surface area contributed by atoms with Gasteiger partial charge in [-0.15, -0.1) is 0 Å². The molecule has 0 saturated heterocycles. The summed E-state index contributed by atoms with van der Waals surface area (Å²) < 4.78 is 96.7. The Kier molecular flexibility index (Phi) is 8.39. The number of benzene rings is 1. The maximum atomic E-state index is 15.0. The van der Waals surface area contributed by atoms with Crippen LogP contribution in [0.4, 0.5) is 36.4 Å². The van der Waals surface area contributed by atoms with Crippen molar-refractivity contribution >= 4 is 16.5 Å². The van der Waals surface area contributed by atoms with Crippen molar-refractivity contribution in [2.45, 2.75) is 57.2 Å². The van der Waals surface area contributed by atoms with Crippen LogP contribution < -0.4 is 16.4 Å². The lowest BCUT2D eigenvalue weighted by Gasteiger charge is -2.21. The lowest BCUT2D eigenvalue weighted by atomic mass is 10.00. The molecule has 0 amide bonds. The quantitative estimate of drug-likeness (QED) is 0.243. The van der Waals surface area contributed by atoms with Gasteiger partial charge in [0.05, 0.1) is 29.4 Å². The van der Waals surface area contributed by atoms with Crippen molar-refractivity contribution in [3.8, 4) is 11.4 Å². The fourth-order valence-electron chi connectivity index (χ4n) is 4.26. The Hall–Kier alpha value is -4.34. The van der Waals surface area contributed by atoms with Crippen molar-refractivity contribution in [2.75, 3.05) is 5.32 Å². The number of halogens is 7. The standard InChI is InChI=1S/C26H23F7N6O3/c1-12(37-19-10-36-38-22(40)20(19)26(31,32)33)5-15(27)11-39-4-3-13-6-17(18(28)7-16(13)23(39)41)21-34-8-14(9-35-21)25(2,42)24(29)30/h3-4,6-10,12,15,24,42H,5,11H2,1-2H3,(H2,37,38,40)/t12-,15-,25-/m1/s1. The van der Waals surface area contributed by atoms with Crippen LogP contribution in [-0.2, 0) is 18.3 Å².